The quantitative estimate of drug-likeness (QED) is 0.355. The number of nitrogens with zero attached hydrogens (tertiary/aromatic N) is 2. The summed E-state index contributed by atoms with van der Waals surface area (Å²) in [5, 5.41) is 2.86. The van der Waals surface area contributed by atoms with Crippen molar-refractivity contribution >= 4 is 27.5 Å². The number of ether oxygens (including phenoxy) is 1. The van der Waals surface area contributed by atoms with Crippen LogP contribution in [-0.4, -0.2) is 57.1 Å². The van der Waals surface area contributed by atoms with Crippen molar-refractivity contribution in [2.75, 3.05) is 24.2 Å². The van der Waals surface area contributed by atoms with Gasteiger partial charge in [0.2, 0.25) is 21.8 Å². The smallest absolute Gasteiger partial charge is 0.244 e. The number of hydrogen-bond donors (Lipinski definition) is 1. The number of nitrogens with one attached hydrogen (secondary N) is 1. The van der Waals surface area contributed by atoms with Crippen molar-refractivity contribution in [1.29, 1.82) is 0 Å². The van der Waals surface area contributed by atoms with Crippen LogP contribution in [0, 0.1) is 12.7 Å². The van der Waals surface area contributed by atoms with Gasteiger partial charge in [0.1, 0.15) is 24.2 Å². The molecule has 40 heavy (non-hydrogen) atoms. The van der Waals surface area contributed by atoms with Crippen molar-refractivity contribution < 1.29 is 27.1 Å². The zero-order valence-corrected chi connectivity index (χ0v) is 24.2. The molecule has 10 heteroatoms. The molecule has 214 valence electrons. The third-order valence-corrected chi connectivity index (χ3v) is 7.41. The van der Waals surface area contributed by atoms with Gasteiger partial charge in [0.15, 0.2) is 0 Å². The summed E-state index contributed by atoms with van der Waals surface area (Å²) in [4.78, 5) is 28.9. The van der Waals surface area contributed by atoms with Gasteiger partial charge in [-0.25, -0.2) is 12.8 Å². The zero-order chi connectivity index (χ0) is 29.4. The molecule has 0 aromatic heterocycles. The lowest BCUT2D eigenvalue weighted by Gasteiger charge is -2.34. The lowest BCUT2D eigenvalue weighted by Crippen LogP contribution is -2.54. The first-order valence-corrected chi connectivity index (χ1v) is 14.7. The highest BCUT2D eigenvalue weighted by Crippen LogP contribution is 2.31. The number of hydrogen-bond acceptors (Lipinski definition) is 5. The minimum Gasteiger partial charge on any atom is -0.495 e. The van der Waals surface area contributed by atoms with E-state index < -0.39 is 40.2 Å². The van der Waals surface area contributed by atoms with Gasteiger partial charge in [0.05, 0.1) is 19.1 Å². The van der Waals surface area contributed by atoms with Crippen molar-refractivity contribution in [2.45, 2.75) is 45.8 Å². The van der Waals surface area contributed by atoms with Crippen LogP contribution in [0.5, 0.6) is 5.75 Å². The first-order chi connectivity index (χ1) is 18.9. The highest BCUT2D eigenvalue weighted by molar-refractivity contribution is 7.92. The predicted molar refractivity (Wildman–Crippen MR) is 154 cm³/mol. The van der Waals surface area contributed by atoms with E-state index in [4.69, 9.17) is 4.74 Å². The standard InChI is InChI=1S/C30H36FN3O5S/c1-21(2)32-30(36)27(18-23-11-7-6-8-12-23)33(19-24-13-9-10-14-25(24)31)29(35)20-34(40(5,37)38)26-17-22(3)15-16-28(26)39-4/h6-17,21,27H,18-20H2,1-5H3,(H,32,36)/t27-/m0/s1. The zero-order valence-electron chi connectivity index (χ0n) is 23.4. The highest BCUT2D eigenvalue weighted by Gasteiger charge is 2.34. The molecule has 0 aliphatic carbocycles. The molecule has 3 aromatic carbocycles. The van der Waals surface area contributed by atoms with E-state index in [0.29, 0.717) is 0 Å². The van der Waals surface area contributed by atoms with Crippen LogP contribution in [0.4, 0.5) is 10.1 Å². The van der Waals surface area contributed by atoms with Crippen molar-refractivity contribution in [1.82, 2.24) is 10.2 Å². The summed E-state index contributed by atoms with van der Waals surface area (Å²) in [6.45, 7) is 4.54. The van der Waals surface area contributed by atoms with Crippen molar-refractivity contribution in [3.8, 4) is 5.75 Å². The van der Waals surface area contributed by atoms with Gasteiger partial charge in [0, 0.05) is 24.6 Å². The fraction of sp³-hybridized carbons (Fsp3) is 0.333. The van der Waals surface area contributed by atoms with Gasteiger partial charge in [-0.15, -0.1) is 0 Å². The molecule has 1 N–H and O–H groups in total. The van der Waals surface area contributed by atoms with Crippen LogP contribution < -0.4 is 14.4 Å². The lowest BCUT2D eigenvalue weighted by molar-refractivity contribution is -0.140. The van der Waals surface area contributed by atoms with E-state index in [1.54, 1.807) is 45.0 Å². The molecule has 2 amide bonds. The Morgan fingerprint density at radius 3 is 2.25 bits per heavy atom. The molecule has 0 spiro atoms. The predicted octanol–water partition coefficient (Wildman–Crippen LogP) is 4.07. The summed E-state index contributed by atoms with van der Waals surface area (Å²) in [5.74, 6) is -1.37. The number of anilines is 1. The van der Waals surface area contributed by atoms with E-state index in [-0.39, 0.29) is 36.0 Å². The number of rotatable bonds is 12. The third-order valence-electron chi connectivity index (χ3n) is 6.28. The molecule has 0 fully saturated rings. The number of carbonyl (C=O) groups is 2. The van der Waals surface area contributed by atoms with E-state index in [9.17, 15) is 22.4 Å². The fourth-order valence-electron chi connectivity index (χ4n) is 4.33. The first kappa shape index (κ1) is 30.6. The van der Waals surface area contributed by atoms with Gasteiger partial charge in [-0.2, -0.15) is 0 Å². The monoisotopic (exact) mass is 569 g/mol. The second kappa shape index (κ2) is 13.4. The van der Waals surface area contributed by atoms with Gasteiger partial charge in [0.25, 0.3) is 0 Å². The average molecular weight is 570 g/mol. The maximum atomic E-state index is 14.8. The van der Waals surface area contributed by atoms with Crippen LogP contribution in [0.1, 0.15) is 30.5 Å². The maximum absolute atomic E-state index is 14.8. The number of sulfonamides is 1. The fourth-order valence-corrected chi connectivity index (χ4v) is 5.18. The summed E-state index contributed by atoms with van der Waals surface area (Å²) in [6.07, 6.45) is 1.14. The number of benzene rings is 3. The molecule has 3 aromatic rings. The topological polar surface area (TPSA) is 96.0 Å². The van der Waals surface area contributed by atoms with E-state index >= 15 is 0 Å². The minimum atomic E-state index is -3.97. The summed E-state index contributed by atoms with van der Waals surface area (Å²) in [5.41, 5.74) is 1.94. The van der Waals surface area contributed by atoms with Gasteiger partial charge in [-0.1, -0.05) is 54.6 Å². The molecule has 0 bridgehead atoms. The molecule has 8 nitrogen and oxygen atoms in total. The Labute approximate surface area is 235 Å². The molecule has 3 rings (SSSR count). The summed E-state index contributed by atoms with van der Waals surface area (Å²) in [6, 6.07) is 18.9. The van der Waals surface area contributed by atoms with E-state index in [1.165, 1.54) is 30.2 Å². The molecular weight excluding hydrogens is 533 g/mol. The Morgan fingerprint density at radius 2 is 1.65 bits per heavy atom. The van der Waals surface area contributed by atoms with Gasteiger partial charge in [-0.3, -0.25) is 13.9 Å². The summed E-state index contributed by atoms with van der Waals surface area (Å²) < 4.78 is 47.1. The van der Waals surface area contributed by atoms with E-state index in [1.807, 2.05) is 30.3 Å². The van der Waals surface area contributed by atoms with E-state index in [0.717, 1.165) is 21.7 Å². The number of carbonyl (C=O) groups excluding carboxylic acids is 2. The first-order valence-electron chi connectivity index (χ1n) is 12.9. The molecule has 0 radical (unpaired) electrons. The van der Waals surface area contributed by atoms with Crippen LogP contribution in [0.25, 0.3) is 0 Å². The summed E-state index contributed by atoms with van der Waals surface area (Å²) in [7, 11) is -2.56. The summed E-state index contributed by atoms with van der Waals surface area (Å²) >= 11 is 0. The van der Waals surface area contributed by atoms with Gasteiger partial charge >= 0.3 is 0 Å². The molecule has 0 unspecified atom stereocenters. The number of methoxy groups -OCH3 is 1. The Kier molecular flexibility index (Phi) is 10.3. The Morgan fingerprint density at radius 1 is 1.00 bits per heavy atom. The Bertz CT molecular complexity index is 1430. The lowest BCUT2D eigenvalue weighted by atomic mass is 10.0. The molecule has 0 saturated carbocycles. The number of amides is 2. The van der Waals surface area contributed by atoms with Crippen molar-refractivity contribution in [3.63, 3.8) is 0 Å². The molecular formula is C30H36FN3O5S. The van der Waals surface area contributed by atoms with Gasteiger partial charge in [-0.05, 0) is 50.1 Å². The van der Waals surface area contributed by atoms with Crippen LogP contribution in [0.2, 0.25) is 0 Å². The number of halogens is 1. The van der Waals surface area contributed by atoms with Gasteiger partial charge < -0.3 is 15.0 Å². The van der Waals surface area contributed by atoms with Crippen LogP contribution in [0.3, 0.4) is 0 Å². The van der Waals surface area contributed by atoms with E-state index in [2.05, 4.69) is 5.32 Å². The van der Waals surface area contributed by atoms with Crippen LogP contribution in [0.15, 0.2) is 72.8 Å². The Hall–Kier alpha value is -3.92. The highest BCUT2D eigenvalue weighted by atomic mass is 32.2. The molecule has 1 atom stereocenters. The minimum absolute atomic E-state index is 0.145. The third kappa shape index (κ3) is 8.05. The SMILES string of the molecule is COc1ccc(C)cc1N(CC(=O)N(Cc1ccccc1F)[C@@H](Cc1ccccc1)C(=O)NC(C)C)S(C)(=O)=O. The van der Waals surface area contributed by atoms with Crippen molar-refractivity contribution in [3.05, 3.63) is 95.3 Å². The average Bonchev–Trinajstić information content (AvgIpc) is 2.89. The largest absolute Gasteiger partial charge is 0.495 e. The molecule has 0 saturated heterocycles. The molecule has 0 aliphatic heterocycles. The molecule has 0 aliphatic rings. The second-order valence-electron chi connectivity index (χ2n) is 9.93. The Balaban J connectivity index is 2.11. The van der Waals surface area contributed by atoms with Crippen LogP contribution in [-0.2, 0) is 32.6 Å². The second-order valence-corrected chi connectivity index (χ2v) is 11.8. The normalized spacial score (nSPS) is 12.1. The van der Waals surface area contributed by atoms with Crippen molar-refractivity contribution in [2.24, 2.45) is 0 Å². The molecule has 0 heterocycles. The van der Waals surface area contributed by atoms with Crippen LogP contribution >= 0.6 is 0 Å². The number of aryl methyl sites for hydroxylation is 1. The maximum Gasteiger partial charge on any atom is 0.244 e.